The van der Waals surface area contributed by atoms with Gasteiger partial charge in [-0.3, -0.25) is 10.1 Å². The smallest absolute Gasteiger partial charge is 0.304 e. The van der Waals surface area contributed by atoms with E-state index in [1.807, 2.05) is 0 Å². The molecular weight excluding hydrogens is 246 g/mol. The van der Waals surface area contributed by atoms with Gasteiger partial charge in [0.1, 0.15) is 0 Å². The van der Waals surface area contributed by atoms with Gasteiger partial charge in [-0.15, -0.1) is 0 Å². The molecule has 0 saturated carbocycles. The second-order valence-corrected chi connectivity index (χ2v) is 4.08. The van der Waals surface area contributed by atoms with Gasteiger partial charge in [-0.2, -0.15) is 5.32 Å². The minimum Gasteiger partial charge on any atom is -0.304 e. The average Bonchev–Trinajstić information content (AvgIpc) is 2.77. The Kier molecular flexibility index (Phi) is 2.42. The number of amides is 2. The predicted molar refractivity (Wildman–Crippen MR) is 69.3 cm³/mol. The Morgan fingerprint density at radius 2 is 1.89 bits per heavy atom. The van der Waals surface area contributed by atoms with E-state index >= 15 is 0 Å². The van der Waals surface area contributed by atoms with Crippen LogP contribution in [0.15, 0.2) is 42.5 Å². The van der Waals surface area contributed by atoms with Crippen molar-refractivity contribution in [1.29, 1.82) is 0 Å². The number of fused-ring (bicyclic) bond motifs is 1. The fourth-order valence-electron chi connectivity index (χ4n) is 1.96. The number of hydrogen-bond acceptors (Lipinski definition) is 3. The van der Waals surface area contributed by atoms with Gasteiger partial charge in [0.2, 0.25) is 0 Å². The molecule has 0 aromatic heterocycles. The van der Waals surface area contributed by atoms with Crippen LogP contribution >= 0.6 is 0 Å². The molecule has 0 aliphatic carbocycles. The molecule has 3 rings (SSSR count). The van der Waals surface area contributed by atoms with Crippen LogP contribution in [0.2, 0.25) is 0 Å². The lowest BCUT2D eigenvalue weighted by Crippen LogP contribution is -2.08. The number of nitro groups is 1. The molecule has 19 heavy (non-hydrogen) atoms. The first-order chi connectivity index (χ1) is 9.13. The van der Waals surface area contributed by atoms with Crippen molar-refractivity contribution in [1.82, 2.24) is 5.32 Å². The van der Waals surface area contributed by atoms with Gasteiger partial charge in [-0.1, -0.05) is 18.2 Å². The summed E-state index contributed by atoms with van der Waals surface area (Å²) in [7, 11) is 0. The summed E-state index contributed by atoms with van der Waals surface area (Å²) in [6.45, 7) is 0. The third-order valence-corrected chi connectivity index (χ3v) is 2.85. The van der Waals surface area contributed by atoms with Crippen molar-refractivity contribution in [3.63, 3.8) is 0 Å². The molecule has 1 radical (unpaired) electrons. The van der Waals surface area contributed by atoms with Crippen molar-refractivity contribution >= 4 is 23.1 Å². The van der Waals surface area contributed by atoms with Gasteiger partial charge in [0.25, 0.3) is 5.69 Å². The molecule has 2 amide bonds. The summed E-state index contributed by atoms with van der Waals surface area (Å²) in [4.78, 5) is 21.4. The SMILES string of the molecule is O=C1[N]c2cc(-c3cccc([N+](=O)[O-])c3)ccc2N1. The summed E-state index contributed by atoms with van der Waals surface area (Å²) in [6, 6.07) is 11.2. The van der Waals surface area contributed by atoms with Gasteiger partial charge in [0.05, 0.1) is 16.3 Å². The van der Waals surface area contributed by atoms with Crippen molar-refractivity contribution in [3.8, 4) is 11.1 Å². The second-order valence-electron chi connectivity index (χ2n) is 4.08. The third-order valence-electron chi connectivity index (χ3n) is 2.85. The summed E-state index contributed by atoms with van der Waals surface area (Å²) in [6.07, 6.45) is 0. The van der Waals surface area contributed by atoms with Crippen LogP contribution in [0.3, 0.4) is 0 Å². The van der Waals surface area contributed by atoms with Gasteiger partial charge >= 0.3 is 6.03 Å². The van der Waals surface area contributed by atoms with Crippen LogP contribution in [-0.2, 0) is 0 Å². The van der Waals surface area contributed by atoms with Gasteiger partial charge in [-0.05, 0) is 23.3 Å². The molecule has 0 fully saturated rings. The van der Waals surface area contributed by atoms with E-state index in [-0.39, 0.29) is 5.69 Å². The Morgan fingerprint density at radius 1 is 1.11 bits per heavy atom. The maximum absolute atomic E-state index is 11.1. The van der Waals surface area contributed by atoms with E-state index in [0.717, 1.165) is 5.56 Å². The molecule has 1 N–H and O–H groups in total. The van der Waals surface area contributed by atoms with Gasteiger partial charge < -0.3 is 5.32 Å². The zero-order valence-corrected chi connectivity index (χ0v) is 9.66. The predicted octanol–water partition coefficient (Wildman–Crippen LogP) is 3.04. The Morgan fingerprint density at radius 3 is 2.68 bits per heavy atom. The lowest BCUT2D eigenvalue weighted by Gasteiger charge is -2.03. The molecule has 0 bridgehead atoms. The van der Waals surface area contributed by atoms with Crippen LogP contribution in [0, 0.1) is 10.1 Å². The zero-order chi connectivity index (χ0) is 13.4. The van der Waals surface area contributed by atoms with E-state index < -0.39 is 11.0 Å². The molecule has 1 heterocycles. The summed E-state index contributed by atoms with van der Waals surface area (Å²) >= 11 is 0. The largest absolute Gasteiger partial charge is 0.346 e. The highest BCUT2D eigenvalue weighted by Crippen LogP contribution is 2.33. The van der Waals surface area contributed by atoms with E-state index in [4.69, 9.17) is 0 Å². The highest BCUT2D eigenvalue weighted by Gasteiger charge is 2.19. The van der Waals surface area contributed by atoms with Gasteiger partial charge in [0.15, 0.2) is 0 Å². The summed E-state index contributed by atoms with van der Waals surface area (Å²) in [5.41, 5.74) is 2.73. The van der Waals surface area contributed by atoms with Crippen LogP contribution in [0.1, 0.15) is 0 Å². The van der Waals surface area contributed by atoms with Crippen LogP contribution in [0.25, 0.3) is 11.1 Å². The van der Waals surface area contributed by atoms with Crippen LogP contribution in [-0.4, -0.2) is 11.0 Å². The van der Waals surface area contributed by atoms with E-state index in [9.17, 15) is 14.9 Å². The summed E-state index contributed by atoms with van der Waals surface area (Å²) in [5, 5.41) is 17.2. The molecule has 93 valence electrons. The molecule has 0 saturated heterocycles. The van der Waals surface area contributed by atoms with Crippen molar-refractivity contribution < 1.29 is 9.72 Å². The van der Waals surface area contributed by atoms with Crippen molar-refractivity contribution in [2.24, 2.45) is 0 Å². The summed E-state index contributed by atoms with van der Waals surface area (Å²) < 4.78 is 0. The highest BCUT2D eigenvalue weighted by molar-refractivity contribution is 6.02. The number of anilines is 1. The van der Waals surface area contributed by atoms with Crippen LogP contribution in [0.5, 0.6) is 0 Å². The molecule has 2 aromatic carbocycles. The topological polar surface area (TPSA) is 86.3 Å². The Hall–Kier alpha value is -2.89. The number of non-ortho nitro benzene ring substituents is 1. The number of benzene rings is 2. The number of urea groups is 1. The fourth-order valence-corrected chi connectivity index (χ4v) is 1.96. The van der Waals surface area contributed by atoms with Gasteiger partial charge in [-0.25, -0.2) is 4.79 Å². The first-order valence-corrected chi connectivity index (χ1v) is 5.55. The Balaban J connectivity index is 2.04. The lowest BCUT2D eigenvalue weighted by atomic mass is 10.0. The normalized spacial score (nSPS) is 12.5. The monoisotopic (exact) mass is 254 g/mol. The lowest BCUT2D eigenvalue weighted by molar-refractivity contribution is -0.384. The maximum Gasteiger partial charge on any atom is 0.346 e. The minimum atomic E-state index is -0.438. The zero-order valence-electron chi connectivity index (χ0n) is 9.66. The van der Waals surface area contributed by atoms with Crippen molar-refractivity contribution in [3.05, 3.63) is 52.6 Å². The van der Waals surface area contributed by atoms with E-state index in [1.165, 1.54) is 12.1 Å². The number of hydrogen-bond donors (Lipinski definition) is 1. The number of nitrogens with one attached hydrogen (secondary N) is 1. The van der Waals surface area contributed by atoms with Crippen molar-refractivity contribution in [2.75, 3.05) is 5.32 Å². The number of rotatable bonds is 2. The molecule has 1 aliphatic heterocycles. The first-order valence-electron chi connectivity index (χ1n) is 5.55. The molecule has 0 spiro atoms. The van der Waals surface area contributed by atoms with Gasteiger partial charge in [0, 0.05) is 12.1 Å². The summed E-state index contributed by atoms with van der Waals surface area (Å²) in [5.74, 6) is 0. The van der Waals surface area contributed by atoms with E-state index in [0.29, 0.717) is 16.9 Å². The standard InChI is InChI=1S/C13H8N3O3/c17-13-14-11-5-4-9(7-12(11)15-13)8-2-1-3-10(6-8)16(18)19/h1-7H,(H,14,17). The molecule has 0 unspecified atom stereocenters. The Bertz CT molecular complexity index is 697. The minimum absolute atomic E-state index is 0.0316. The molecule has 6 heteroatoms. The van der Waals surface area contributed by atoms with Crippen molar-refractivity contribution in [2.45, 2.75) is 0 Å². The van der Waals surface area contributed by atoms with Crippen LogP contribution < -0.4 is 10.6 Å². The number of nitrogens with zero attached hydrogens (tertiary/aromatic N) is 2. The Labute approximate surface area is 108 Å². The highest BCUT2D eigenvalue weighted by atomic mass is 16.6. The number of nitro benzene ring substituents is 1. The molecule has 2 aromatic rings. The number of carbonyl (C=O) groups is 1. The van der Waals surface area contributed by atoms with E-state index in [1.54, 1.807) is 30.3 Å². The van der Waals surface area contributed by atoms with Crippen LogP contribution in [0.4, 0.5) is 21.9 Å². The third kappa shape index (κ3) is 1.99. The molecular formula is C13H8N3O3. The molecule has 1 aliphatic rings. The average molecular weight is 254 g/mol. The van der Waals surface area contributed by atoms with E-state index in [2.05, 4.69) is 10.6 Å². The first kappa shape index (κ1) is 11.2. The second kappa shape index (κ2) is 4.09. The molecule has 6 nitrogen and oxygen atoms in total. The fraction of sp³-hybridized carbons (Fsp3) is 0. The maximum atomic E-state index is 11.1. The molecule has 0 atom stereocenters. The quantitative estimate of drug-likeness (QED) is 0.660. The number of carbonyl (C=O) groups excluding carboxylic acids is 1.